The molecule has 0 saturated heterocycles. The normalized spacial score (nSPS) is 11.9. The second-order valence-corrected chi connectivity index (χ2v) is 6.35. The summed E-state index contributed by atoms with van der Waals surface area (Å²) in [5.41, 5.74) is 1.08. The van der Waals surface area contributed by atoms with Gasteiger partial charge >= 0.3 is 0 Å². The van der Waals surface area contributed by atoms with Crippen LogP contribution < -0.4 is 10.0 Å². The summed E-state index contributed by atoms with van der Waals surface area (Å²) in [4.78, 5) is 3.91. The highest BCUT2D eigenvalue weighted by atomic mass is 32.2. The molecule has 0 unspecified atom stereocenters. The summed E-state index contributed by atoms with van der Waals surface area (Å²) < 4.78 is 25.9. The molecule has 1 heterocycles. The van der Waals surface area contributed by atoms with E-state index in [1.165, 1.54) is 0 Å². The van der Waals surface area contributed by atoms with Crippen molar-refractivity contribution in [3.63, 3.8) is 0 Å². The van der Waals surface area contributed by atoms with E-state index < -0.39 is 10.0 Å². The van der Waals surface area contributed by atoms with E-state index in [0.717, 1.165) is 5.56 Å². The van der Waals surface area contributed by atoms with E-state index >= 15 is 0 Å². The molecule has 1 aromatic rings. The van der Waals surface area contributed by atoms with Crippen LogP contribution >= 0.6 is 0 Å². The minimum Gasteiger partial charge on any atom is -0.313 e. The summed E-state index contributed by atoms with van der Waals surface area (Å²) in [5.74, 6) is 0.113. The maximum Gasteiger partial charge on any atom is 0.212 e. The van der Waals surface area contributed by atoms with Crippen LogP contribution in [-0.2, 0) is 16.4 Å². The van der Waals surface area contributed by atoms with Gasteiger partial charge in [-0.1, -0.05) is 13.8 Å². The number of rotatable bonds is 8. The molecule has 0 radical (unpaired) electrons. The first-order chi connectivity index (χ1) is 8.49. The Labute approximate surface area is 109 Å². The van der Waals surface area contributed by atoms with Gasteiger partial charge in [-0.2, -0.15) is 0 Å². The zero-order valence-corrected chi connectivity index (χ0v) is 11.7. The van der Waals surface area contributed by atoms with Gasteiger partial charge in [-0.3, -0.25) is 4.98 Å². The second-order valence-electron chi connectivity index (χ2n) is 4.43. The summed E-state index contributed by atoms with van der Waals surface area (Å²) >= 11 is 0. The summed E-state index contributed by atoms with van der Waals surface area (Å²) in [5, 5.41) is 3.08. The number of sulfonamides is 1. The van der Waals surface area contributed by atoms with Crippen LogP contribution in [0.1, 0.15) is 19.4 Å². The van der Waals surface area contributed by atoms with E-state index in [1.54, 1.807) is 12.4 Å². The summed E-state index contributed by atoms with van der Waals surface area (Å²) in [6.07, 6.45) is 4.09. The Morgan fingerprint density at radius 1 is 1.22 bits per heavy atom. The fourth-order valence-electron chi connectivity index (χ4n) is 1.45. The largest absolute Gasteiger partial charge is 0.313 e. The molecule has 0 atom stereocenters. The van der Waals surface area contributed by atoms with Crippen molar-refractivity contribution in [3.8, 4) is 0 Å². The van der Waals surface area contributed by atoms with Crippen molar-refractivity contribution in [3.05, 3.63) is 30.1 Å². The molecule has 18 heavy (non-hydrogen) atoms. The lowest BCUT2D eigenvalue weighted by atomic mass is 10.2. The predicted octanol–water partition coefficient (Wildman–Crippen LogP) is 0.542. The number of hydrogen-bond donors (Lipinski definition) is 2. The van der Waals surface area contributed by atoms with Gasteiger partial charge in [0.1, 0.15) is 0 Å². The van der Waals surface area contributed by atoms with Crippen LogP contribution in [0.4, 0.5) is 0 Å². The van der Waals surface area contributed by atoms with Crippen molar-refractivity contribution >= 4 is 10.0 Å². The Morgan fingerprint density at radius 3 is 2.50 bits per heavy atom. The van der Waals surface area contributed by atoms with Gasteiger partial charge in [-0.05, 0) is 24.1 Å². The Balaban J connectivity index is 2.25. The zero-order chi connectivity index (χ0) is 13.4. The molecule has 0 aromatic carbocycles. The first kappa shape index (κ1) is 15.1. The van der Waals surface area contributed by atoms with E-state index in [2.05, 4.69) is 15.0 Å². The van der Waals surface area contributed by atoms with Gasteiger partial charge in [-0.15, -0.1) is 0 Å². The average molecular weight is 271 g/mol. The lowest BCUT2D eigenvalue weighted by Crippen LogP contribution is -2.35. The number of aromatic nitrogens is 1. The van der Waals surface area contributed by atoms with Crippen molar-refractivity contribution in [2.75, 3.05) is 18.8 Å². The summed E-state index contributed by atoms with van der Waals surface area (Å²) in [7, 11) is -3.18. The van der Waals surface area contributed by atoms with Crippen LogP contribution in [0.25, 0.3) is 0 Å². The summed E-state index contributed by atoms with van der Waals surface area (Å²) in [6.45, 7) is 4.88. The minimum atomic E-state index is -3.18. The Bertz CT molecular complexity index is 432. The molecule has 0 aliphatic rings. The number of nitrogens with one attached hydrogen (secondary N) is 2. The molecule has 5 nitrogen and oxygen atoms in total. The number of nitrogens with zero attached hydrogens (tertiary/aromatic N) is 1. The first-order valence-corrected chi connectivity index (χ1v) is 7.74. The standard InChI is InChI=1S/C12H21N3O2S/c1-11(2)14-9-10-18(16,17)15-8-5-12-3-6-13-7-4-12/h3-4,6-7,11,14-15H,5,8-10H2,1-2H3. The highest BCUT2D eigenvalue weighted by Crippen LogP contribution is 1.96. The Hall–Kier alpha value is -0.980. The maximum absolute atomic E-state index is 11.6. The monoisotopic (exact) mass is 271 g/mol. The van der Waals surface area contributed by atoms with Crippen LogP contribution in [0, 0.1) is 0 Å². The minimum absolute atomic E-state index is 0.113. The van der Waals surface area contributed by atoms with Crippen LogP contribution in [0.2, 0.25) is 0 Å². The van der Waals surface area contributed by atoms with Crippen molar-refractivity contribution in [1.29, 1.82) is 0 Å². The van der Waals surface area contributed by atoms with Gasteiger partial charge in [-0.25, -0.2) is 13.1 Å². The van der Waals surface area contributed by atoms with E-state index in [9.17, 15) is 8.42 Å². The van der Waals surface area contributed by atoms with Crippen molar-refractivity contribution in [2.45, 2.75) is 26.3 Å². The average Bonchev–Trinajstić information content (AvgIpc) is 2.29. The van der Waals surface area contributed by atoms with E-state index in [-0.39, 0.29) is 5.75 Å². The smallest absolute Gasteiger partial charge is 0.212 e. The maximum atomic E-state index is 11.6. The van der Waals surface area contributed by atoms with Gasteiger partial charge in [0.25, 0.3) is 0 Å². The molecule has 0 amide bonds. The van der Waals surface area contributed by atoms with Crippen LogP contribution in [0.5, 0.6) is 0 Å². The zero-order valence-electron chi connectivity index (χ0n) is 10.9. The molecule has 0 aliphatic carbocycles. The van der Waals surface area contributed by atoms with Gasteiger partial charge in [0, 0.05) is 31.5 Å². The van der Waals surface area contributed by atoms with E-state index in [4.69, 9.17) is 0 Å². The molecule has 0 fully saturated rings. The molecule has 102 valence electrons. The quantitative estimate of drug-likeness (QED) is 0.724. The lowest BCUT2D eigenvalue weighted by Gasteiger charge is -2.09. The van der Waals surface area contributed by atoms with E-state index in [1.807, 2.05) is 26.0 Å². The molecule has 2 N–H and O–H groups in total. The molecule has 0 saturated carbocycles. The van der Waals surface area contributed by atoms with Crippen molar-refractivity contribution in [2.24, 2.45) is 0 Å². The molecule has 0 bridgehead atoms. The molecular weight excluding hydrogens is 250 g/mol. The third-order valence-corrected chi connectivity index (χ3v) is 3.79. The number of pyridine rings is 1. The fraction of sp³-hybridized carbons (Fsp3) is 0.583. The highest BCUT2D eigenvalue weighted by molar-refractivity contribution is 7.89. The molecular formula is C12H21N3O2S. The lowest BCUT2D eigenvalue weighted by molar-refractivity contribution is 0.567. The van der Waals surface area contributed by atoms with Gasteiger partial charge in [0.15, 0.2) is 0 Å². The van der Waals surface area contributed by atoms with Crippen LogP contribution in [0.15, 0.2) is 24.5 Å². The SMILES string of the molecule is CC(C)NCCS(=O)(=O)NCCc1ccncc1. The Morgan fingerprint density at radius 2 is 1.89 bits per heavy atom. The fourth-order valence-corrected chi connectivity index (χ4v) is 2.40. The number of hydrogen-bond acceptors (Lipinski definition) is 4. The molecule has 1 aromatic heterocycles. The highest BCUT2D eigenvalue weighted by Gasteiger charge is 2.09. The molecule has 6 heteroatoms. The van der Waals surface area contributed by atoms with Crippen molar-refractivity contribution < 1.29 is 8.42 Å². The van der Waals surface area contributed by atoms with Crippen molar-refractivity contribution in [1.82, 2.24) is 15.0 Å². The second kappa shape index (κ2) is 7.45. The third-order valence-electron chi connectivity index (χ3n) is 2.41. The summed E-state index contributed by atoms with van der Waals surface area (Å²) in [6, 6.07) is 4.07. The van der Waals surface area contributed by atoms with Gasteiger partial charge in [0.05, 0.1) is 5.75 Å². The predicted molar refractivity (Wildman–Crippen MR) is 72.9 cm³/mol. The third kappa shape index (κ3) is 6.68. The van der Waals surface area contributed by atoms with Crippen LogP contribution in [-0.4, -0.2) is 38.3 Å². The molecule has 0 aliphatic heterocycles. The Kier molecular flexibility index (Phi) is 6.24. The first-order valence-electron chi connectivity index (χ1n) is 6.09. The van der Waals surface area contributed by atoms with Crippen LogP contribution in [0.3, 0.4) is 0 Å². The topological polar surface area (TPSA) is 71.1 Å². The van der Waals surface area contributed by atoms with Gasteiger partial charge < -0.3 is 5.32 Å². The van der Waals surface area contributed by atoms with Gasteiger partial charge in [0.2, 0.25) is 10.0 Å². The molecule has 1 rings (SSSR count). The van der Waals surface area contributed by atoms with E-state index in [0.29, 0.717) is 25.6 Å². The molecule has 0 spiro atoms.